The average Bonchev–Trinajstić information content (AvgIpc) is 3.05. The Morgan fingerprint density at radius 2 is 2.00 bits per heavy atom. The van der Waals surface area contributed by atoms with Crippen LogP contribution in [0, 0.1) is 0 Å². The summed E-state index contributed by atoms with van der Waals surface area (Å²) in [6.45, 7) is 10.5. The lowest BCUT2D eigenvalue weighted by atomic mass is 9.84. The number of ether oxygens (including phenoxy) is 1. The van der Waals surface area contributed by atoms with E-state index in [1.54, 1.807) is 7.11 Å². The van der Waals surface area contributed by atoms with Crippen molar-refractivity contribution in [2.24, 2.45) is 4.99 Å². The first kappa shape index (κ1) is 20.1. The second kappa shape index (κ2) is 9.35. The van der Waals surface area contributed by atoms with E-state index in [1.807, 2.05) is 12.1 Å². The Bertz CT molecular complexity index is 511. The third kappa shape index (κ3) is 5.55. The smallest absolute Gasteiger partial charge is 0.193 e. The summed E-state index contributed by atoms with van der Waals surface area (Å²) in [6.07, 6.45) is 2.54. The van der Waals surface area contributed by atoms with Crippen LogP contribution in [-0.2, 0) is 5.41 Å². The van der Waals surface area contributed by atoms with E-state index >= 15 is 0 Å². The van der Waals surface area contributed by atoms with Crippen molar-refractivity contribution in [1.29, 1.82) is 0 Å². The van der Waals surface area contributed by atoms with Gasteiger partial charge in [-0.05, 0) is 37.5 Å². The van der Waals surface area contributed by atoms with Gasteiger partial charge in [-0.2, -0.15) is 0 Å². The number of nitrogens with zero attached hydrogens (tertiary/aromatic N) is 2. The van der Waals surface area contributed by atoms with E-state index in [4.69, 9.17) is 9.73 Å². The van der Waals surface area contributed by atoms with Crippen molar-refractivity contribution in [2.45, 2.75) is 39.0 Å². The lowest BCUT2D eigenvalue weighted by Crippen LogP contribution is -2.40. The van der Waals surface area contributed by atoms with Gasteiger partial charge >= 0.3 is 0 Å². The molecule has 1 aliphatic rings. The summed E-state index contributed by atoms with van der Waals surface area (Å²) in [5.41, 5.74) is 1.24. The van der Waals surface area contributed by atoms with E-state index < -0.39 is 0 Å². The van der Waals surface area contributed by atoms with Crippen LogP contribution in [0.2, 0.25) is 0 Å². The minimum Gasteiger partial charge on any atom is -0.497 e. The molecule has 1 heterocycles. The van der Waals surface area contributed by atoms with Crippen LogP contribution in [0.3, 0.4) is 0 Å². The number of nitrogens with one attached hydrogen (secondary N) is 1. The zero-order valence-corrected chi connectivity index (χ0v) is 17.1. The van der Waals surface area contributed by atoms with E-state index in [9.17, 15) is 0 Å². The maximum atomic E-state index is 5.34. The Morgan fingerprint density at radius 3 is 2.61 bits per heavy atom. The summed E-state index contributed by atoms with van der Waals surface area (Å²) >= 11 is 0. The second-order valence-corrected chi connectivity index (χ2v) is 6.48. The van der Waals surface area contributed by atoms with Crippen LogP contribution in [-0.4, -0.2) is 44.1 Å². The highest BCUT2D eigenvalue weighted by Gasteiger charge is 2.22. The van der Waals surface area contributed by atoms with Crippen molar-refractivity contribution in [2.75, 3.05) is 33.3 Å². The lowest BCUT2D eigenvalue weighted by Gasteiger charge is -2.26. The molecule has 0 bridgehead atoms. The van der Waals surface area contributed by atoms with Gasteiger partial charge in [0.25, 0.3) is 0 Å². The molecule has 1 N–H and O–H groups in total. The number of hydrogen-bond donors (Lipinski definition) is 1. The maximum absolute atomic E-state index is 5.34. The number of rotatable bonds is 5. The van der Waals surface area contributed by atoms with Crippen LogP contribution >= 0.6 is 24.0 Å². The fraction of sp³-hybridized carbons (Fsp3) is 0.611. The Hall–Kier alpha value is -0.980. The normalized spacial score (nSPS) is 15.3. The van der Waals surface area contributed by atoms with Crippen molar-refractivity contribution in [1.82, 2.24) is 10.2 Å². The Balaban J connectivity index is 0.00000264. The highest BCUT2D eigenvalue weighted by atomic mass is 127. The van der Waals surface area contributed by atoms with Crippen LogP contribution in [0.5, 0.6) is 5.75 Å². The molecule has 0 radical (unpaired) electrons. The summed E-state index contributed by atoms with van der Waals surface area (Å²) in [5, 5.41) is 3.42. The van der Waals surface area contributed by atoms with Gasteiger partial charge in [0.1, 0.15) is 5.75 Å². The predicted molar refractivity (Wildman–Crippen MR) is 108 cm³/mol. The predicted octanol–water partition coefficient (Wildman–Crippen LogP) is 3.65. The van der Waals surface area contributed by atoms with Crippen LogP contribution < -0.4 is 10.1 Å². The highest BCUT2D eigenvalue weighted by molar-refractivity contribution is 14.0. The van der Waals surface area contributed by atoms with E-state index in [0.29, 0.717) is 0 Å². The zero-order chi connectivity index (χ0) is 16.0. The third-order valence-corrected chi connectivity index (χ3v) is 4.22. The molecular weight excluding hydrogens is 401 g/mol. The first-order chi connectivity index (χ1) is 10.6. The van der Waals surface area contributed by atoms with Crippen molar-refractivity contribution in [3.8, 4) is 5.75 Å². The number of halogens is 1. The monoisotopic (exact) mass is 431 g/mol. The van der Waals surface area contributed by atoms with E-state index in [-0.39, 0.29) is 29.4 Å². The lowest BCUT2D eigenvalue weighted by molar-refractivity contribution is 0.412. The molecule has 130 valence electrons. The molecule has 0 aromatic heterocycles. The molecule has 0 unspecified atom stereocenters. The topological polar surface area (TPSA) is 36.9 Å². The fourth-order valence-corrected chi connectivity index (χ4v) is 2.76. The van der Waals surface area contributed by atoms with Gasteiger partial charge in [0.05, 0.1) is 13.7 Å². The molecule has 1 aliphatic heterocycles. The molecule has 0 aliphatic carbocycles. The molecule has 0 spiro atoms. The van der Waals surface area contributed by atoms with Gasteiger partial charge < -0.3 is 15.0 Å². The standard InChI is InChI=1S/C18H29N3O.HI/c1-5-19-17(21-11-6-7-12-21)20-14-18(2,3)15-9-8-10-16(13-15)22-4;/h8-10,13H,5-7,11-12,14H2,1-4H3,(H,19,20);1H. The Morgan fingerprint density at radius 1 is 1.30 bits per heavy atom. The first-order valence-electron chi connectivity index (χ1n) is 8.24. The van der Waals surface area contributed by atoms with Crippen LogP contribution in [0.1, 0.15) is 39.2 Å². The minimum atomic E-state index is -0.0189. The van der Waals surface area contributed by atoms with Gasteiger partial charge in [-0.3, -0.25) is 4.99 Å². The summed E-state index contributed by atoms with van der Waals surface area (Å²) in [5.74, 6) is 1.96. The van der Waals surface area contributed by atoms with Gasteiger partial charge in [-0.25, -0.2) is 0 Å². The molecule has 23 heavy (non-hydrogen) atoms. The van der Waals surface area contributed by atoms with E-state index in [2.05, 4.69) is 43.1 Å². The van der Waals surface area contributed by atoms with Crippen LogP contribution in [0.15, 0.2) is 29.3 Å². The number of methoxy groups -OCH3 is 1. The summed E-state index contributed by atoms with van der Waals surface area (Å²) < 4.78 is 5.34. The van der Waals surface area contributed by atoms with E-state index in [0.717, 1.165) is 37.9 Å². The average molecular weight is 431 g/mol. The summed E-state index contributed by atoms with van der Waals surface area (Å²) in [6, 6.07) is 8.29. The number of aliphatic imine (C=N–C) groups is 1. The fourth-order valence-electron chi connectivity index (χ4n) is 2.76. The molecular formula is C18H30IN3O. The number of guanidine groups is 1. The third-order valence-electron chi connectivity index (χ3n) is 4.22. The maximum Gasteiger partial charge on any atom is 0.193 e. The van der Waals surface area contributed by atoms with E-state index in [1.165, 1.54) is 18.4 Å². The molecule has 2 rings (SSSR count). The summed E-state index contributed by atoms with van der Waals surface area (Å²) in [4.78, 5) is 7.26. The Labute approximate surface area is 157 Å². The molecule has 0 saturated carbocycles. The second-order valence-electron chi connectivity index (χ2n) is 6.48. The largest absolute Gasteiger partial charge is 0.497 e. The molecule has 4 nitrogen and oxygen atoms in total. The van der Waals surface area contributed by atoms with Gasteiger partial charge in [-0.1, -0.05) is 26.0 Å². The molecule has 1 saturated heterocycles. The van der Waals surface area contributed by atoms with Crippen molar-refractivity contribution >= 4 is 29.9 Å². The molecule has 0 atom stereocenters. The van der Waals surface area contributed by atoms with Crippen LogP contribution in [0.25, 0.3) is 0 Å². The quantitative estimate of drug-likeness (QED) is 0.439. The zero-order valence-electron chi connectivity index (χ0n) is 14.8. The molecule has 5 heteroatoms. The SMILES string of the molecule is CCNC(=NCC(C)(C)c1cccc(OC)c1)N1CCCC1.I. The number of likely N-dealkylation sites (tertiary alicyclic amines) is 1. The van der Waals surface area contributed by atoms with Crippen molar-refractivity contribution < 1.29 is 4.74 Å². The van der Waals surface area contributed by atoms with Crippen LogP contribution in [0.4, 0.5) is 0 Å². The van der Waals surface area contributed by atoms with Crippen molar-refractivity contribution in [3.63, 3.8) is 0 Å². The van der Waals surface area contributed by atoms with Gasteiger partial charge in [-0.15, -0.1) is 24.0 Å². The minimum absolute atomic E-state index is 0. The molecule has 1 aromatic rings. The first-order valence-corrected chi connectivity index (χ1v) is 8.24. The summed E-state index contributed by atoms with van der Waals surface area (Å²) in [7, 11) is 1.71. The number of benzene rings is 1. The Kier molecular flexibility index (Phi) is 8.16. The molecule has 1 fully saturated rings. The van der Waals surface area contributed by atoms with Gasteiger partial charge in [0.15, 0.2) is 5.96 Å². The van der Waals surface area contributed by atoms with Crippen molar-refractivity contribution in [3.05, 3.63) is 29.8 Å². The number of hydrogen-bond acceptors (Lipinski definition) is 2. The molecule has 1 aromatic carbocycles. The van der Waals surface area contributed by atoms with Gasteiger partial charge in [0.2, 0.25) is 0 Å². The van der Waals surface area contributed by atoms with Gasteiger partial charge in [0, 0.05) is 25.0 Å². The highest BCUT2D eigenvalue weighted by Crippen LogP contribution is 2.27. The molecule has 0 amide bonds.